The highest BCUT2D eigenvalue weighted by Crippen LogP contribution is 2.19. The third kappa shape index (κ3) is 8.45. The van der Waals surface area contributed by atoms with Gasteiger partial charge in [0.05, 0.1) is 12.2 Å². The molecule has 1 heterocycles. The SMILES string of the molecule is CSCCC(NC(=O)C(N)C(C)O)C(=O)NC(C(=O)NC(Cc1c[nH]c2ccccc12)C(=O)O)C(C)O. The van der Waals surface area contributed by atoms with E-state index < -0.39 is 60.1 Å². The number of nitrogens with two attached hydrogens (primary N) is 1. The summed E-state index contributed by atoms with van der Waals surface area (Å²) in [5.41, 5.74) is 7.14. The lowest BCUT2D eigenvalue weighted by Gasteiger charge is -2.26. The number of amides is 3. The first-order valence-corrected chi connectivity index (χ1v) is 13.1. The van der Waals surface area contributed by atoms with Crippen LogP contribution in [0.2, 0.25) is 0 Å². The highest BCUT2D eigenvalue weighted by molar-refractivity contribution is 7.98. The number of aromatic nitrogens is 1. The fourth-order valence-corrected chi connectivity index (χ4v) is 4.10. The second-order valence-electron chi connectivity index (χ2n) is 8.80. The van der Waals surface area contributed by atoms with E-state index in [-0.39, 0.29) is 12.8 Å². The molecule has 0 bridgehead atoms. The van der Waals surface area contributed by atoms with Crippen molar-refractivity contribution in [3.05, 3.63) is 36.0 Å². The Kier molecular flexibility index (Phi) is 11.4. The zero-order valence-corrected chi connectivity index (χ0v) is 21.7. The van der Waals surface area contributed by atoms with E-state index in [9.17, 15) is 34.5 Å². The van der Waals surface area contributed by atoms with Crippen molar-refractivity contribution in [1.82, 2.24) is 20.9 Å². The number of hydrogen-bond acceptors (Lipinski definition) is 8. The first kappa shape index (κ1) is 30.1. The van der Waals surface area contributed by atoms with Gasteiger partial charge in [0.1, 0.15) is 24.2 Å². The maximum Gasteiger partial charge on any atom is 0.326 e. The highest BCUT2D eigenvalue weighted by Gasteiger charge is 2.33. The summed E-state index contributed by atoms with van der Waals surface area (Å²) >= 11 is 1.43. The minimum absolute atomic E-state index is 0.0325. The first-order valence-electron chi connectivity index (χ1n) is 11.8. The Morgan fingerprint density at radius 3 is 2.22 bits per heavy atom. The summed E-state index contributed by atoms with van der Waals surface area (Å²) < 4.78 is 0. The van der Waals surface area contributed by atoms with Crippen LogP contribution < -0.4 is 21.7 Å². The van der Waals surface area contributed by atoms with Crippen molar-refractivity contribution in [3.8, 4) is 0 Å². The van der Waals surface area contributed by atoms with Crippen LogP contribution in [0.15, 0.2) is 30.5 Å². The first-order chi connectivity index (χ1) is 17.5. The van der Waals surface area contributed by atoms with E-state index >= 15 is 0 Å². The summed E-state index contributed by atoms with van der Waals surface area (Å²) in [5, 5.41) is 37.6. The van der Waals surface area contributed by atoms with Gasteiger partial charge in [0.2, 0.25) is 17.7 Å². The predicted molar refractivity (Wildman–Crippen MR) is 140 cm³/mol. The van der Waals surface area contributed by atoms with Gasteiger partial charge in [0, 0.05) is 23.5 Å². The Hall–Kier alpha value is -3.13. The number of para-hydroxylation sites is 1. The van der Waals surface area contributed by atoms with Gasteiger partial charge in [-0.2, -0.15) is 11.8 Å². The summed E-state index contributed by atoms with van der Waals surface area (Å²) in [6.07, 6.45) is 1.11. The Bertz CT molecular complexity index is 1090. The van der Waals surface area contributed by atoms with Gasteiger partial charge in [0.25, 0.3) is 0 Å². The average Bonchev–Trinajstić information content (AvgIpc) is 3.26. The number of carboxylic acids is 1. The molecule has 0 saturated carbocycles. The van der Waals surface area contributed by atoms with E-state index in [2.05, 4.69) is 20.9 Å². The average molecular weight is 538 g/mol. The van der Waals surface area contributed by atoms with E-state index in [0.29, 0.717) is 11.3 Å². The monoisotopic (exact) mass is 537 g/mol. The zero-order chi connectivity index (χ0) is 27.7. The Morgan fingerprint density at radius 2 is 1.62 bits per heavy atom. The van der Waals surface area contributed by atoms with Gasteiger partial charge in [-0.1, -0.05) is 18.2 Å². The molecule has 204 valence electrons. The molecule has 0 fully saturated rings. The molecule has 9 N–H and O–H groups in total. The van der Waals surface area contributed by atoms with E-state index in [0.717, 1.165) is 10.9 Å². The lowest BCUT2D eigenvalue weighted by molar-refractivity contribution is -0.143. The van der Waals surface area contributed by atoms with Crippen molar-refractivity contribution in [2.75, 3.05) is 12.0 Å². The largest absolute Gasteiger partial charge is 0.480 e. The maximum absolute atomic E-state index is 13.0. The van der Waals surface area contributed by atoms with Gasteiger partial charge in [0.15, 0.2) is 0 Å². The number of carbonyl (C=O) groups excluding carboxylic acids is 3. The second-order valence-corrected chi connectivity index (χ2v) is 9.78. The molecule has 0 saturated heterocycles. The van der Waals surface area contributed by atoms with Crippen LogP contribution in [0.5, 0.6) is 0 Å². The molecule has 37 heavy (non-hydrogen) atoms. The number of aromatic amines is 1. The molecule has 0 radical (unpaired) electrons. The summed E-state index contributed by atoms with van der Waals surface area (Å²) in [5.74, 6) is -3.21. The third-order valence-electron chi connectivity index (χ3n) is 5.84. The van der Waals surface area contributed by atoms with Crippen LogP contribution in [0.1, 0.15) is 25.8 Å². The van der Waals surface area contributed by atoms with Crippen molar-refractivity contribution in [2.45, 2.75) is 63.1 Å². The molecule has 12 nitrogen and oxygen atoms in total. The van der Waals surface area contributed by atoms with Crippen LogP contribution in [0.25, 0.3) is 10.9 Å². The van der Waals surface area contributed by atoms with Crippen molar-refractivity contribution in [3.63, 3.8) is 0 Å². The predicted octanol–water partition coefficient (Wildman–Crippen LogP) is -0.909. The van der Waals surface area contributed by atoms with E-state index in [1.54, 1.807) is 6.20 Å². The number of nitrogens with one attached hydrogen (secondary N) is 4. The molecular weight excluding hydrogens is 502 g/mol. The van der Waals surface area contributed by atoms with E-state index in [4.69, 9.17) is 5.73 Å². The van der Waals surface area contributed by atoms with Gasteiger partial charge < -0.3 is 42.0 Å². The molecule has 6 atom stereocenters. The molecule has 6 unspecified atom stereocenters. The van der Waals surface area contributed by atoms with Gasteiger partial charge in [-0.25, -0.2) is 4.79 Å². The summed E-state index contributed by atoms with van der Waals surface area (Å²) in [7, 11) is 0. The van der Waals surface area contributed by atoms with Crippen LogP contribution in [0.4, 0.5) is 0 Å². The second kappa shape index (κ2) is 14.0. The quantitative estimate of drug-likeness (QED) is 0.150. The Balaban J connectivity index is 2.15. The fraction of sp³-hybridized carbons (Fsp3) is 0.500. The molecule has 2 aromatic rings. The number of thioether (sulfide) groups is 1. The molecule has 0 spiro atoms. The number of carboxylic acid groups (broad SMARTS) is 1. The maximum atomic E-state index is 13.0. The molecule has 0 aliphatic heterocycles. The van der Waals surface area contributed by atoms with Crippen LogP contribution in [-0.2, 0) is 25.6 Å². The molecule has 0 aliphatic rings. The normalized spacial score (nSPS) is 16.2. The molecule has 1 aromatic carbocycles. The number of aliphatic carboxylic acids is 1. The minimum atomic E-state index is -1.49. The lowest BCUT2D eigenvalue weighted by atomic mass is 10.0. The lowest BCUT2D eigenvalue weighted by Crippen LogP contribution is -2.60. The number of fused-ring (bicyclic) bond motifs is 1. The van der Waals surface area contributed by atoms with E-state index in [1.165, 1.54) is 25.6 Å². The molecule has 13 heteroatoms. The van der Waals surface area contributed by atoms with Crippen LogP contribution in [-0.4, -0.2) is 92.4 Å². The molecular formula is C24H35N5O7S. The number of carbonyl (C=O) groups is 4. The third-order valence-corrected chi connectivity index (χ3v) is 6.49. The molecule has 3 amide bonds. The topological polar surface area (TPSA) is 207 Å². The van der Waals surface area contributed by atoms with Crippen LogP contribution in [0.3, 0.4) is 0 Å². The van der Waals surface area contributed by atoms with Crippen molar-refractivity contribution < 1.29 is 34.5 Å². The van der Waals surface area contributed by atoms with Gasteiger partial charge in [-0.3, -0.25) is 14.4 Å². The summed E-state index contributed by atoms with van der Waals surface area (Å²) in [6.45, 7) is 2.61. The summed E-state index contributed by atoms with van der Waals surface area (Å²) in [4.78, 5) is 53.2. The minimum Gasteiger partial charge on any atom is -0.480 e. The number of benzene rings is 1. The fourth-order valence-electron chi connectivity index (χ4n) is 3.63. The number of aliphatic hydroxyl groups is 2. The number of rotatable bonds is 14. The highest BCUT2D eigenvalue weighted by atomic mass is 32.2. The summed E-state index contributed by atoms with van der Waals surface area (Å²) in [6, 6.07) is 2.13. The number of aliphatic hydroxyl groups excluding tert-OH is 2. The van der Waals surface area contributed by atoms with Crippen molar-refractivity contribution in [1.29, 1.82) is 0 Å². The van der Waals surface area contributed by atoms with Gasteiger partial charge in [-0.15, -0.1) is 0 Å². The van der Waals surface area contributed by atoms with E-state index in [1.807, 2.05) is 30.5 Å². The van der Waals surface area contributed by atoms with Crippen LogP contribution in [0, 0.1) is 0 Å². The van der Waals surface area contributed by atoms with Crippen molar-refractivity contribution >= 4 is 46.4 Å². The molecule has 1 aromatic heterocycles. The number of H-pyrrole nitrogens is 1. The van der Waals surface area contributed by atoms with Gasteiger partial charge >= 0.3 is 5.97 Å². The Morgan fingerprint density at radius 1 is 0.973 bits per heavy atom. The number of hydrogen-bond donors (Lipinski definition) is 8. The van der Waals surface area contributed by atoms with Gasteiger partial charge in [-0.05, 0) is 43.9 Å². The molecule has 2 rings (SSSR count). The smallest absolute Gasteiger partial charge is 0.326 e. The Labute approximate surface area is 218 Å². The van der Waals surface area contributed by atoms with Crippen molar-refractivity contribution in [2.24, 2.45) is 5.73 Å². The zero-order valence-electron chi connectivity index (χ0n) is 20.9. The standard InChI is InChI=1S/C24H35N5O7S/c1-12(30)19(25)22(33)27-17(8-9-37-3)21(32)29-20(13(2)31)23(34)28-18(24(35)36)10-14-11-26-16-7-5-4-6-15(14)16/h4-7,11-13,17-20,26,30-31H,8-10,25H2,1-3H3,(H,27,33)(H,28,34)(H,29,32)(H,35,36). The van der Waals surface area contributed by atoms with Crippen LogP contribution >= 0.6 is 11.8 Å². The molecule has 0 aliphatic carbocycles.